The lowest BCUT2D eigenvalue weighted by atomic mass is 9.88. The third kappa shape index (κ3) is 5.59. The maximum absolute atomic E-state index is 12.8. The van der Waals surface area contributed by atoms with E-state index in [9.17, 15) is 14.4 Å². The van der Waals surface area contributed by atoms with E-state index in [1.165, 1.54) is 17.4 Å². The van der Waals surface area contributed by atoms with Crippen LogP contribution in [0.3, 0.4) is 0 Å². The van der Waals surface area contributed by atoms with E-state index in [0.29, 0.717) is 28.0 Å². The Bertz CT molecular complexity index is 1130. The minimum Gasteiger partial charge on any atom is -0.459 e. The SMILES string of the molecule is CC1CCc2c(sc(NC(=O)COC(=O)C=Cc3ccc4c(c3)OCO4)c2C(=O)OC(C)C)C1. The van der Waals surface area contributed by atoms with E-state index < -0.39 is 24.5 Å². The molecule has 1 aromatic carbocycles. The second-order valence-corrected chi connectivity index (χ2v) is 9.72. The molecule has 0 saturated carbocycles. The first-order valence-electron chi connectivity index (χ1n) is 11.2. The van der Waals surface area contributed by atoms with Crippen molar-refractivity contribution in [3.63, 3.8) is 0 Å². The van der Waals surface area contributed by atoms with Crippen molar-refractivity contribution in [2.45, 2.75) is 46.1 Å². The Morgan fingerprint density at radius 2 is 2.03 bits per heavy atom. The predicted molar refractivity (Wildman–Crippen MR) is 127 cm³/mol. The average molecular weight is 486 g/mol. The molecule has 0 saturated heterocycles. The van der Waals surface area contributed by atoms with Gasteiger partial charge in [0.15, 0.2) is 18.1 Å². The number of ether oxygens (including phenoxy) is 4. The van der Waals surface area contributed by atoms with E-state index in [1.54, 1.807) is 38.1 Å². The number of carbonyl (C=O) groups excluding carboxylic acids is 3. The lowest BCUT2D eigenvalue weighted by molar-refractivity contribution is -0.142. The molecule has 4 rings (SSSR count). The maximum atomic E-state index is 12.8. The molecule has 1 aliphatic carbocycles. The summed E-state index contributed by atoms with van der Waals surface area (Å²) in [4.78, 5) is 38.4. The van der Waals surface area contributed by atoms with Crippen molar-refractivity contribution in [2.24, 2.45) is 5.92 Å². The van der Waals surface area contributed by atoms with Crippen LogP contribution in [0.25, 0.3) is 6.08 Å². The van der Waals surface area contributed by atoms with Crippen LogP contribution in [0.1, 0.15) is 53.6 Å². The second-order valence-electron chi connectivity index (χ2n) is 8.61. The lowest BCUT2D eigenvalue weighted by Gasteiger charge is -2.18. The van der Waals surface area contributed by atoms with Crippen LogP contribution in [0.5, 0.6) is 11.5 Å². The van der Waals surface area contributed by atoms with Crippen LogP contribution in [-0.4, -0.2) is 37.3 Å². The van der Waals surface area contributed by atoms with Gasteiger partial charge < -0.3 is 24.3 Å². The number of anilines is 1. The number of hydrogen-bond donors (Lipinski definition) is 1. The quantitative estimate of drug-likeness (QED) is 0.459. The highest BCUT2D eigenvalue weighted by atomic mass is 32.1. The third-order valence-corrected chi connectivity index (χ3v) is 6.64. The van der Waals surface area contributed by atoms with Gasteiger partial charge in [-0.2, -0.15) is 0 Å². The van der Waals surface area contributed by atoms with Crippen LogP contribution in [0.4, 0.5) is 5.00 Å². The van der Waals surface area contributed by atoms with Crippen LogP contribution in [-0.2, 0) is 31.9 Å². The fourth-order valence-corrected chi connectivity index (χ4v) is 5.27. The van der Waals surface area contributed by atoms with Crippen molar-refractivity contribution in [1.29, 1.82) is 0 Å². The molecule has 1 N–H and O–H groups in total. The summed E-state index contributed by atoms with van der Waals surface area (Å²) in [6.45, 7) is 5.44. The minimum absolute atomic E-state index is 0.169. The van der Waals surface area contributed by atoms with E-state index in [4.69, 9.17) is 18.9 Å². The van der Waals surface area contributed by atoms with Gasteiger partial charge in [0.25, 0.3) is 5.91 Å². The average Bonchev–Trinajstić information content (AvgIpc) is 3.39. The van der Waals surface area contributed by atoms with Crippen molar-refractivity contribution >= 4 is 40.3 Å². The summed E-state index contributed by atoms with van der Waals surface area (Å²) < 4.78 is 21.0. The fraction of sp³-hybridized carbons (Fsp3) is 0.400. The Labute approximate surface area is 201 Å². The summed E-state index contributed by atoms with van der Waals surface area (Å²) in [5, 5.41) is 3.19. The molecule has 2 heterocycles. The molecule has 180 valence electrons. The highest BCUT2D eigenvalue weighted by Gasteiger charge is 2.29. The van der Waals surface area contributed by atoms with Crippen molar-refractivity contribution in [3.05, 3.63) is 45.8 Å². The zero-order valence-corrected chi connectivity index (χ0v) is 20.2. The molecule has 1 amide bonds. The lowest BCUT2D eigenvalue weighted by Crippen LogP contribution is -2.22. The van der Waals surface area contributed by atoms with Crippen molar-refractivity contribution < 1.29 is 33.3 Å². The summed E-state index contributed by atoms with van der Waals surface area (Å²) in [7, 11) is 0. The number of esters is 2. The maximum Gasteiger partial charge on any atom is 0.341 e. The summed E-state index contributed by atoms with van der Waals surface area (Å²) in [5.74, 6) is 0.149. The zero-order valence-electron chi connectivity index (χ0n) is 19.3. The van der Waals surface area contributed by atoms with Crippen LogP contribution in [0, 0.1) is 5.92 Å². The first-order chi connectivity index (χ1) is 16.3. The summed E-state index contributed by atoms with van der Waals surface area (Å²) in [6.07, 6.45) is 5.14. The Hall–Kier alpha value is -3.33. The number of thiophene rings is 1. The smallest absolute Gasteiger partial charge is 0.341 e. The van der Waals surface area contributed by atoms with E-state index in [0.717, 1.165) is 35.3 Å². The monoisotopic (exact) mass is 485 g/mol. The van der Waals surface area contributed by atoms with E-state index in [-0.39, 0.29) is 12.9 Å². The van der Waals surface area contributed by atoms with Gasteiger partial charge in [-0.3, -0.25) is 4.79 Å². The second kappa shape index (κ2) is 10.3. The standard InChI is InChI=1S/C25H27NO7S/c1-14(2)33-25(29)23-17-7-4-15(3)10-20(17)34-24(23)26-21(27)12-30-22(28)9-6-16-5-8-18-19(11-16)32-13-31-18/h5-6,8-9,11,14-15H,4,7,10,12-13H2,1-3H3,(H,26,27). The first kappa shape index (κ1) is 23.8. The van der Waals surface area contributed by atoms with E-state index >= 15 is 0 Å². The number of benzene rings is 1. The minimum atomic E-state index is -0.661. The molecule has 2 aromatic rings. The number of nitrogens with one attached hydrogen (secondary N) is 1. The Balaban J connectivity index is 1.37. The number of rotatable bonds is 7. The van der Waals surface area contributed by atoms with Gasteiger partial charge in [-0.1, -0.05) is 13.0 Å². The molecule has 8 nitrogen and oxygen atoms in total. The van der Waals surface area contributed by atoms with Crippen molar-refractivity contribution in [2.75, 3.05) is 18.7 Å². The molecule has 9 heteroatoms. The molecule has 34 heavy (non-hydrogen) atoms. The first-order valence-corrected chi connectivity index (χ1v) is 12.0. The molecular formula is C25H27NO7S. The molecule has 1 aliphatic heterocycles. The summed E-state index contributed by atoms with van der Waals surface area (Å²) in [5.41, 5.74) is 2.10. The number of hydrogen-bond acceptors (Lipinski definition) is 8. The Kier molecular flexibility index (Phi) is 7.21. The molecular weight excluding hydrogens is 458 g/mol. The van der Waals surface area contributed by atoms with Crippen LogP contribution < -0.4 is 14.8 Å². The molecule has 1 aromatic heterocycles. The number of fused-ring (bicyclic) bond motifs is 2. The van der Waals surface area contributed by atoms with Gasteiger partial charge in [-0.15, -0.1) is 11.3 Å². The molecule has 0 radical (unpaired) electrons. The van der Waals surface area contributed by atoms with Crippen LogP contribution in [0.15, 0.2) is 24.3 Å². The number of carbonyl (C=O) groups is 3. The van der Waals surface area contributed by atoms with Crippen LogP contribution in [0.2, 0.25) is 0 Å². The molecule has 1 unspecified atom stereocenters. The Morgan fingerprint density at radius 1 is 1.24 bits per heavy atom. The van der Waals surface area contributed by atoms with Crippen LogP contribution >= 0.6 is 11.3 Å². The summed E-state index contributed by atoms with van der Waals surface area (Å²) in [6, 6.07) is 5.28. The van der Waals surface area contributed by atoms with Gasteiger partial charge >= 0.3 is 11.9 Å². The zero-order chi connectivity index (χ0) is 24.2. The van der Waals surface area contributed by atoms with Gasteiger partial charge in [0.2, 0.25) is 6.79 Å². The van der Waals surface area contributed by atoms with Gasteiger partial charge in [0, 0.05) is 11.0 Å². The molecule has 0 fully saturated rings. The predicted octanol–water partition coefficient (Wildman–Crippen LogP) is 4.36. The highest BCUT2D eigenvalue weighted by Crippen LogP contribution is 2.40. The topological polar surface area (TPSA) is 100 Å². The normalized spacial score (nSPS) is 16.4. The molecule has 0 bridgehead atoms. The highest BCUT2D eigenvalue weighted by molar-refractivity contribution is 7.17. The van der Waals surface area contributed by atoms with Gasteiger partial charge in [-0.05, 0) is 68.4 Å². The summed E-state index contributed by atoms with van der Waals surface area (Å²) >= 11 is 1.39. The largest absolute Gasteiger partial charge is 0.459 e. The van der Waals surface area contributed by atoms with Gasteiger partial charge in [-0.25, -0.2) is 9.59 Å². The Morgan fingerprint density at radius 3 is 2.82 bits per heavy atom. The molecule has 2 aliphatic rings. The van der Waals surface area contributed by atoms with Gasteiger partial charge in [0.05, 0.1) is 11.7 Å². The van der Waals surface area contributed by atoms with Crippen molar-refractivity contribution in [3.8, 4) is 11.5 Å². The fourth-order valence-electron chi connectivity index (χ4n) is 3.86. The molecule has 0 spiro atoms. The number of amides is 1. The third-order valence-electron chi connectivity index (χ3n) is 5.47. The van der Waals surface area contributed by atoms with Crippen molar-refractivity contribution in [1.82, 2.24) is 0 Å². The molecule has 1 atom stereocenters. The van der Waals surface area contributed by atoms with Gasteiger partial charge in [0.1, 0.15) is 5.00 Å². The van der Waals surface area contributed by atoms with E-state index in [2.05, 4.69) is 12.2 Å². The van der Waals surface area contributed by atoms with E-state index in [1.807, 2.05) is 0 Å².